The van der Waals surface area contributed by atoms with Crippen molar-refractivity contribution < 1.29 is 27.4 Å². The van der Waals surface area contributed by atoms with Crippen LogP contribution < -0.4 is 14.8 Å². The van der Waals surface area contributed by atoms with E-state index in [1.165, 1.54) is 13.2 Å². The third-order valence-corrected chi connectivity index (χ3v) is 5.61. The van der Waals surface area contributed by atoms with Crippen molar-refractivity contribution in [3.05, 3.63) is 86.9 Å². The van der Waals surface area contributed by atoms with Crippen LogP contribution in [-0.4, -0.2) is 13.0 Å². The molecule has 4 nitrogen and oxygen atoms in total. The molecule has 0 fully saturated rings. The van der Waals surface area contributed by atoms with Crippen molar-refractivity contribution in [3.8, 4) is 11.5 Å². The fraction of sp³-hybridized carbons (Fsp3) is 0.125. The standard InChI is InChI=1S/C24H16Cl2F3NO3/c1-32-22-9-13(2-7-21(22)33-12-14-3-5-16(25)11-19(14)26)8-18-17-6-4-15(24(27,28)29)10-20(17)30-23(18)31/h2-11H,12H2,1H3,(H,30,31)/b18-8-. The van der Waals surface area contributed by atoms with Crippen molar-refractivity contribution in [2.45, 2.75) is 12.8 Å². The van der Waals surface area contributed by atoms with Gasteiger partial charge < -0.3 is 14.8 Å². The molecule has 1 amide bonds. The Morgan fingerprint density at radius 1 is 1.00 bits per heavy atom. The Hall–Kier alpha value is -3.16. The first-order valence-corrected chi connectivity index (χ1v) is 10.4. The maximum Gasteiger partial charge on any atom is 0.416 e. The second-order valence-corrected chi connectivity index (χ2v) is 8.05. The minimum Gasteiger partial charge on any atom is -0.493 e. The lowest BCUT2D eigenvalue weighted by atomic mass is 10.0. The minimum atomic E-state index is -4.49. The lowest BCUT2D eigenvalue weighted by molar-refractivity contribution is -0.137. The molecule has 1 heterocycles. The molecule has 0 aromatic heterocycles. The van der Waals surface area contributed by atoms with Gasteiger partial charge in [0.05, 0.1) is 12.7 Å². The highest BCUT2D eigenvalue weighted by Crippen LogP contribution is 2.39. The molecule has 1 N–H and O–H groups in total. The average molecular weight is 494 g/mol. The third kappa shape index (κ3) is 4.94. The van der Waals surface area contributed by atoms with Gasteiger partial charge in [-0.3, -0.25) is 4.79 Å². The Morgan fingerprint density at radius 3 is 2.48 bits per heavy atom. The topological polar surface area (TPSA) is 47.6 Å². The molecule has 3 aromatic rings. The smallest absolute Gasteiger partial charge is 0.416 e. The molecule has 0 atom stereocenters. The van der Waals surface area contributed by atoms with E-state index in [4.69, 9.17) is 32.7 Å². The molecule has 170 valence electrons. The van der Waals surface area contributed by atoms with Crippen molar-refractivity contribution >= 4 is 46.4 Å². The van der Waals surface area contributed by atoms with Crippen molar-refractivity contribution in [1.29, 1.82) is 0 Å². The van der Waals surface area contributed by atoms with Gasteiger partial charge in [0.1, 0.15) is 6.61 Å². The third-order valence-electron chi connectivity index (χ3n) is 5.03. The predicted molar refractivity (Wildman–Crippen MR) is 122 cm³/mol. The highest BCUT2D eigenvalue weighted by atomic mass is 35.5. The molecule has 0 bridgehead atoms. The fourth-order valence-corrected chi connectivity index (χ4v) is 3.83. The van der Waals surface area contributed by atoms with Crippen molar-refractivity contribution in [3.63, 3.8) is 0 Å². The van der Waals surface area contributed by atoms with Gasteiger partial charge in [0, 0.05) is 32.4 Å². The summed E-state index contributed by atoms with van der Waals surface area (Å²) in [6.07, 6.45) is -2.91. The average Bonchev–Trinajstić information content (AvgIpc) is 3.07. The van der Waals surface area contributed by atoms with E-state index in [2.05, 4.69) is 5.32 Å². The van der Waals surface area contributed by atoms with Crippen LogP contribution in [0.25, 0.3) is 11.6 Å². The van der Waals surface area contributed by atoms with Gasteiger partial charge >= 0.3 is 6.18 Å². The molecule has 4 rings (SSSR count). The van der Waals surface area contributed by atoms with E-state index < -0.39 is 17.6 Å². The minimum absolute atomic E-state index is 0.118. The normalized spacial score (nSPS) is 14.2. The van der Waals surface area contributed by atoms with Crippen LogP contribution in [0.3, 0.4) is 0 Å². The van der Waals surface area contributed by atoms with Gasteiger partial charge in [-0.05, 0) is 48.0 Å². The highest BCUT2D eigenvalue weighted by molar-refractivity contribution is 6.35. The zero-order valence-corrected chi connectivity index (χ0v) is 18.6. The molecular formula is C24H16Cl2F3NO3. The number of carbonyl (C=O) groups is 1. The Labute approximate surface area is 197 Å². The number of methoxy groups -OCH3 is 1. The number of hydrogen-bond acceptors (Lipinski definition) is 3. The van der Waals surface area contributed by atoms with Crippen molar-refractivity contribution in [2.75, 3.05) is 12.4 Å². The Morgan fingerprint density at radius 2 is 1.79 bits per heavy atom. The number of hydrogen-bond donors (Lipinski definition) is 1. The highest BCUT2D eigenvalue weighted by Gasteiger charge is 2.33. The fourth-order valence-electron chi connectivity index (χ4n) is 3.37. The first-order chi connectivity index (χ1) is 15.7. The number of carbonyl (C=O) groups excluding carboxylic acids is 1. The number of anilines is 1. The maximum atomic E-state index is 13.0. The monoisotopic (exact) mass is 493 g/mol. The molecule has 0 spiro atoms. The van der Waals surface area contributed by atoms with E-state index in [0.29, 0.717) is 32.7 Å². The molecule has 1 aliphatic rings. The number of nitrogens with one attached hydrogen (secondary N) is 1. The first kappa shape index (κ1) is 23.0. The summed E-state index contributed by atoms with van der Waals surface area (Å²) >= 11 is 12.1. The van der Waals surface area contributed by atoms with Crippen molar-refractivity contribution in [2.24, 2.45) is 0 Å². The molecule has 9 heteroatoms. The number of benzene rings is 3. The summed E-state index contributed by atoms with van der Waals surface area (Å²) < 4.78 is 50.1. The van der Waals surface area contributed by atoms with E-state index in [0.717, 1.165) is 17.7 Å². The maximum absolute atomic E-state index is 13.0. The SMILES string of the molecule is COc1cc(/C=C2\C(=O)Nc3cc(C(F)(F)F)ccc32)ccc1OCc1ccc(Cl)cc1Cl. The molecular weight excluding hydrogens is 478 g/mol. The second-order valence-electron chi connectivity index (χ2n) is 7.20. The molecule has 0 saturated carbocycles. The summed E-state index contributed by atoms with van der Waals surface area (Å²) in [6, 6.07) is 13.3. The van der Waals surface area contributed by atoms with Crippen LogP contribution in [-0.2, 0) is 17.6 Å². The van der Waals surface area contributed by atoms with Gasteiger partial charge in [-0.2, -0.15) is 13.2 Å². The lowest BCUT2D eigenvalue weighted by Gasteiger charge is -2.12. The quantitative estimate of drug-likeness (QED) is 0.385. The van der Waals surface area contributed by atoms with Gasteiger partial charge in [0.2, 0.25) is 0 Å². The second kappa shape index (κ2) is 9.00. The van der Waals surface area contributed by atoms with E-state index in [-0.39, 0.29) is 17.9 Å². The Balaban J connectivity index is 1.59. The van der Waals surface area contributed by atoms with Gasteiger partial charge in [0.25, 0.3) is 5.91 Å². The first-order valence-electron chi connectivity index (χ1n) is 9.65. The molecule has 0 radical (unpaired) electrons. The summed E-state index contributed by atoms with van der Waals surface area (Å²) in [5.41, 5.74) is 1.29. The molecule has 1 aliphatic heterocycles. The summed E-state index contributed by atoms with van der Waals surface area (Å²) in [5, 5.41) is 3.48. The van der Waals surface area contributed by atoms with Crippen molar-refractivity contribution in [1.82, 2.24) is 0 Å². The number of rotatable bonds is 5. The largest absolute Gasteiger partial charge is 0.493 e. The number of ether oxygens (including phenoxy) is 2. The number of amides is 1. The summed E-state index contributed by atoms with van der Waals surface area (Å²) in [6.45, 7) is 0.185. The number of fused-ring (bicyclic) bond motifs is 1. The van der Waals surface area contributed by atoms with E-state index >= 15 is 0 Å². The molecule has 0 saturated heterocycles. The summed E-state index contributed by atoms with van der Waals surface area (Å²) in [7, 11) is 1.48. The van der Waals surface area contributed by atoms with Crippen LogP contribution in [0.4, 0.5) is 18.9 Å². The number of alkyl halides is 3. The number of halogens is 5. The lowest BCUT2D eigenvalue weighted by Crippen LogP contribution is -2.06. The van der Waals surface area contributed by atoms with Gasteiger partial charge in [-0.15, -0.1) is 0 Å². The molecule has 0 aliphatic carbocycles. The zero-order chi connectivity index (χ0) is 23.8. The van der Waals surface area contributed by atoms with Crippen LogP contribution in [0.15, 0.2) is 54.6 Å². The van der Waals surface area contributed by atoms with Crippen LogP contribution in [0.1, 0.15) is 22.3 Å². The van der Waals surface area contributed by atoms with Crippen LogP contribution in [0, 0.1) is 0 Å². The molecule has 3 aromatic carbocycles. The summed E-state index contributed by atoms with van der Waals surface area (Å²) in [5.74, 6) is 0.387. The van der Waals surface area contributed by atoms with Gasteiger partial charge in [-0.25, -0.2) is 0 Å². The van der Waals surface area contributed by atoms with Crippen LogP contribution in [0.2, 0.25) is 10.0 Å². The predicted octanol–water partition coefficient (Wildman–Crippen LogP) is 7.09. The van der Waals surface area contributed by atoms with Gasteiger partial charge in [0.15, 0.2) is 11.5 Å². The Kier molecular flexibility index (Phi) is 6.28. The van der Waals surface area contributed by atoms with Gasteiger partial charge in [-0.1, -0.05) is 41.4 Å². The molecule has 0 unspecified atom stereocenters. The molecule has 33 heavy (non-hydrogen) atoms. The van der Waals surface area contributed by atoms with E-state index in [9.17, 15) is 18.0 Å². The zero-order valence-electron chi connectivity index (χ0n) is 17.1. The van der Waals surface area contributed by atoms with Crippen LogP contribution >= 0.6 is 23.2 Å². The summed E-state index contributed by atoms with van der Waals surface area (Å²) in [4.78, 5) is 12.4. The Bertz CT molecular complexity index is 1270. The van der Waals surface area contributed by atoms with Crippen LogP contribution in [0.5, 0.6) is 11.5 Å². The van der Waals surface area contributed by atoms with E-state index in [1.54, 1.807) is 42.5 Å². The van der Waals surface area contributed by atoms with E-state index in [1.807, 2.05) is 0 Å².